The van der Waals surface area contributed by atoms with Crippen molar-refractivity contribution in [1.82, 2.24) is 10.7 Å². The van der Waals surface area contributed by atoms with Gasteiger partial charge in [-0.1, -0.05) is 0 Å². The van der Waals surface area contributed by atoms with Crippen molar-refractivity contribution < 1.29 is 4.79 Å². The fraction of sp³-hybridized carbons (Fsp3) is 0.333. The molecule has 0 amide bonds. The number of nitrogens with zero attached hydrogens (tertiary/aromatic N) is 1. The molecule has 0 fully saturated rings. The van der Waals surface area contributed by atoms with Gasteiger partial charge in [0.25, 0.3) is 0 Å². The number of nitrogens with one attached hydrogen (secondary N) is 1. The van der Waals surface area contributed by atoms with Gasteiger partial charge in [-0.3, -0.25) is 10.5 Å². The summed E-state index contributed by atoms with van der Waals surface area (Å²) in [7, 11) is 0. The molecule has 4 heteroatoms. The predicted octanol–water partition coefficient (Wildman–Crippen LogP) is 1.13. The molecule has 1 aromatic rings. The molecule has 0 unspecified atom stereocenters. The molecule has 1 aromatic heterocycles. The molecular weight excluding hydrogens is 148 g/mol. The average molecular weight is 155 g/mol. The first-order valence-corrected chi connectivity index (χ1v) is 3.72. The van der Waals surface area contributed by atoms with Gasteiger partial charge in [-0.05, 0) is 0 Å². The molecule has 0 atom stereocenters. The predicted molar refractivity (Wildman–Crippen MR) is 38.9 cm³/mol. The van der Waals surface area contributed by atoms with Crippen LogP contribution >= 0.6 is 11.3 Å². The van der Waals surface area contributed by atoms with Crippen molar-refractivity contribution in [2.45, 2.75) is 13.5 Å². The standard InChI is InChI=1S/C6H7N2OS/c1-4(9)5-3-10-6(2-7)8-5/h3,7H,2H2,1H3. The molecule has 0 spiro atoms. The van der Waals surface area contributed by atoms with Crippen LogP contribution < -0.4 is 5.73 Å². The van der Waals surface area contributed by atoms with E-state index in [2.05, 4.69) is 4.98 Å². The van der Waals surface area contributed by atoms with Gasteiger partial charge >= 0.3 is 0 Å². The number of carbonyl (C=O) groups excluding carboxylic acids is 1. The third kappa shape index (κ3) is 1.40. The van der Waals surface area contributed by atoms with Crippen molar-refractivity contribution >= 4 is 17.1 Å². The summed E-state index contributed by atoms with van der Waals surface area (Å²) in [4.78, 5) is 14.6. The van der Waals surface area contributed by atoms with Crippen molar-refractivity contribution in [3.05, 3.63) is 16.1 Å². The van der Waals surface area contributed by atoms with Crippen LogP contribution in [0.15, 0.2) is 5.38 Å². The van der Waals surface area contributed by atoms with Crippen LogP contribution in [0.5, 0.6) is 0 Å². The molecule has 53 valence electrons. The van der Waals surface area contributed by atoms with Gasteiger partial charge in [-0.25, -0.2) is 4.98 Å². The first kappa shape index (κ1) is 7.37. The summed E-state index contributed by atoms with van der Waals surface area (Å²) in [6, 6.07) is 0. The highest BCUT2D eigenvalue weighted by Gasteiger charge is 2.03. The highest BCUT2D eigenvalue weighted by molar-refractivity contribution is 7.09. The van der Waals surface area contributed by atoms with Gasteiger partial charge in [0.05, 0.1) is 6.54 Å². The lowest BCUT2D eigenvalue weighted by molar-refractivity contribution is 0.101. The van der Waals surface area contributed by atoms with E-state index in [9.17, 15) is 4.79 Å². The largest absolute Gasteiger partial charge is 0.293 e. The van der Waals surface area contributed by atoms with Gasteiger partial charge in [-0.15, -0.1) is 11.3 Å². The molecule has 3 nitrogen and oxygen atoms in total. The Labute approximate surface area is 62.9 Å². The lowest BCUT2D eigenvalue weighted by Crippen LogP contribution is -1.92. The molecule has 1 N–H and O–H groups in total. The van der Waals surface area contributed by atoms with Crippen LogP contribution in [-0.4, -0.2) is 10.8 Å². The van der Waals surface area contributed by atoms with E-state index in [-0.39, 0.29) is 12.3 Å². The number of ketones is 1. The lowest BCUT2D eigenvalue weighted by atomic mass is 10.4. The maximum Gasteiger partial charge on any atom is 0.178 e. The van der Waals surface area contributed by atoms with Crippen LogP contribution in [0.25, 0.3) is 0 Å². The molecule has 0 aromatic carbocycles. The zero-order valence-corrected chi connectivity index (χ0v) is 6.36. The van der Waals surface area contributed by atoms with Crippen molar-refractivity contribution in [2.24, 2.45) is 0 Å². The van der Waals surface area contributed by atoms with E-state index in [0.29, 0.717) is 10.7 Å². The average Bonchev–Trinajstić information content (AvgIpc) is 2.34. The number of hydrogen-bond donors (Lipinski definition) is 0. The Balaban J connectivity index is 2.88. The Morgan fingerprint density at radius 2 is 2.60 bits per heavy atom. The number of thiazole rings is 1. The van der Waals surface area contributed by atoms with Crippen molar-refractivity contribution in [3.63, 3.8) is 0 Å². The Morgan fingerprint density at radius 3 is 2.90 bits per heavy atom. The number of carbonyl (C=O) groups is 1. The summed E-state index contributed by atoms with van der Waals surface area (Å²) in [5, 5.41) is 2.39. The highest BCUT2D eigenvalue weighted by atomic mass is 32.1. The van der Waals surface area contributed by atoms with Crippen molar-refractivity contribution in [3.8, 4) is 0 Å². The zero-order chi connectivity index (χ0) is 7.56. The summed E-state index contributed by atoms with van der Waals surface area (Å²) in [5.41, 5.74) is 7.41. The van der Waals surface area contributed by atoms with E-state index in [0.717, 1.165) is 0 Å². The summed E-state index contributed by atoms with van der Waals surface area (Å²) in [5.74, 6) is -0.0315. The number of hydrogen-bond acceptors (Lipinski definition) is 3. The van der Waals surface area contributed by atoms with E-state index in [4.69, 9.17) is 5.73 Å². The van der Waals surface area contributed by atoms with Gasteiger partial charge < -0.3 is 0 Å². The molecule has 0 aliphatic carbocycles. The Kier molecular flexibility index (Phi) is 2.13. The maximum absolute atomic E-state index is 10.7. The fourth-order valence-corrected chi connectivity index (χ4v) is 1.25. The van der Waals surface area contributed by atoms with Crippen LogP contribution in [0.4, 0.5) is 0 Å². The first-order valence-electron chi connectivity index (χ1n) is 2.84. The topological polar surface area (TPSA) is 53.8 Å². The van der Waals surface area contributed by atoms with Gasteiger partial charge in [0, 0.05) is 12.3 Å². The molecule has 0 aliphatic rings. The van der Waals surface area contributed by atoms with Crippen LogP contribution in [0, 0.1) is 0 Å². The second-order valence-corrected chi connectivity index (χ2v) is 2.80. The first-order chi connectivity index (χ1) is 4.74. The molecule has 1 heterocycles. The quantitative estimate of drug-likeness (QED) is 0.601. The SMILES string of the molecule is CC(=O)c1csc(C[NH])n1. The molecule has 10 heavy (non-hydrogen) atoms. The Morgan fingerprint density at radius 1 is 1.90 bits per heavy atom. The van der Waals surface area contributed by atoms with Gasteiger partial charge in [0.1, 0.15) is 10.7 Å². The van der Waals surface area contributed by atoms with Gasteiger partial charge in [0.2, 0.25) is 0 Å². The van der Waals surface area contributed by atoms with Crippen LogP contribution in [-0.2, 0) is 6.54 Å². The minimum atomic E-state index is -0.0315. The molecule has 0 aliphatic heterocycles. The number of Topliss-reactive ketones (excluding diaryl/α,β-unsaturated/α-hetero) is 1. The molecule has 0 saturated heterocycles. The zero-order valence-electron chi connectivity index (χ0n) is 5.55. The van der Waals surface area contributed by atoms with Gasteiger partial charge in [-0.2, -0.15) is 0 Å². The maximum atomic E-state index is 10.7. The number of aromatic nitrogens is 1. The monoisotopic (exact) mass is 155 g/mol. The van der Waals surface area contributed by atoms with E-state index >= 15 is 0 Å². The third-order valence-corrected chi connectivity index (χ3v) is 1.91. The second-order valence-electron chi connectivity index (χ2n) is 1.86. The molecule has 0 bridgehead atoms. The van der Waals surface area contributed by atoms with Crippen LogP contribution in [0.1, 0.15) is 22.4 Å². The van der Waals surface area contributed by atoms with Gasteiger partial charge in [0.15, 0.2) is 5.78 Å². The molecule has 0 saturated carbocycles. The second kappa shape index (κ2) is 2.90. The minimum Gasteiger partial charge on any atom is -0.293 e. The van der Waals surface area contributed by atoms with E-state index < -0.39 is 0 Å². The van der Waals surface area contributed by atoms with Crippen LogP contribution in [0.2, 0.25) is 0 Å². The van der Waals surface area contributed by atoms with Crippen molar-refractivity contribution in [2.75, 3.05) is 0 Å². The highest BCUT2D eigenvalue weighted by Crippen LogP contribution is 2.08. The Bertz CT molecular complexity index is 244. The molecule has 1 rings (SSSR count). The Hall–Kier alpha value is -0.740. The summed E-state index contributed by atoms with van der Waals surface area (Å²) < 4.78 is 0. The molecular formula is C6H7N2OS. The summed E-state index contributed by atoms with van der Waals surface area (Å²) >= 11 is 1.36. The van der Waals surface area contributed by atoms with E-state index in [1.807, 2.05) is 0 Å². The van der Waals surface area contributed by atoms with Crippen molar-refractivity contribution in [1.29, 1.82) is 0 Å². The van der Waals surface area contributed by atoms with E-state index in [1.165, 1.54) is 18.3 Å². The normalized spacial score (nSPS) is 9.80. The lowest BCUT2D eigenvalue weighted by Gasteiger charge is -1.82. The smallest absolute Gasteiger partial charge is 0.178 e. The fourth-order valence-electron chi connectivity index (χ4n) is 0.554. The number of rotatable bonds is 2. The minimum absolute atomic E-state index is 0.0315. The molecule has 1 radical (unpaired) electrons. The third-order valence-electron chi connectivity index (χ3n) is 1.06. The van der Waals surface area contributed by atoms with E-state index in [1.54, 1.807) is 5.38 Å². The van der Waals surface area contributed by atoms with Crippen LogP contribution in [0.3, 0.4) is 0 Å². The summed E-state index contributed by atoms with van der Waals surface area (Å²) in [6.45, 7) is 1.64. The summed E-state index contributed by atoms with van der Waals surface area (Å²) in [6.07, 6.45) is 0.